The Labute approximate surface area is 127 Å². The predicted molar refractivity (Wildman–Crippen MR) is 81.6 cm³/mol. The molecule has 0 aromatic heterocycles. The van der Waals surface area contributed by atoms with Crippen LogP contribution in [0, 0.1) is 0 Å². The zero-order chi connectivity index (χ0) is 14.9. The van der Waals surface area contributed by atoms with Gasteiger partial charge < -0.3 is 10.2 Å². The fourth-order valence-corrected chi connectivity index (χ4v) is 3.28. The minimum absolute atomic E-state index is 0.170. The lowest BCUT2D eigenvalue weighted by molar-refractivity contribution is -0.136. The van der Waals surface area contributed by atoms with Crippen molar-refractivity contribution in [2.24, 2.45) is 0 Å². The van der Waals surface area contributed by atoms with Crippen molar-refractivity contribution in [2.45, 2.75) is 17.1 Å². The number of carboxylic acids is 2. The van der Waals surface area contributed by atoms with Gasteiger partial charge in [-0.1, -0.05) is 28.1 Å². The lowest BCUT2D eigenvalue weighted by Gasteiger charge is -2.12. The van der Waals surface area contributed by atoms with Crippen LogP contribution in [-0.2, 0) is 4.79 Å². The van der Waals surface area contributed by atoms with E-state index in [-0.39, 0.29) is 5.56 Å². The van der Waals surface area contributed by atoms with Gasteiger partial charge in [0.1, 0.15) is 5.25 Å². The number of carboxylic acid groups (broad SMARTS) is 2. The zero-order valence-electron chi connectivity index (χ0n) is 10.5. The molecule has 1 atom stereocenters. The Morgan fingerprint density at radius 1 is 1.20 bits per heavy atom. The van der Waals surface area contributed by atoms with Crippen molar-refractivity contribution in [3.05, 3.63) is 40.4 Å². The highest BCUT2D eigenvalue weighted by Gasteiger charge is 2.18. The quantitative estimate of drug-likeness (QED) is 0.815. The van der Waals surface area contributed by atoms with Crippen LogP contribution in [0.2, 0.25) is 0 Å². The van der Waals surface area contributed by atoms with Gasteiger partial charge in [0.05, 0.1) is 5.56 Å². The summed E-state index contributed by atoms with van der Waals surface area (Å²) in [5.41, 5.74) is 0.170. The smallest absolute Gasteiger partial charge is 0.336 e. The lowest BCUT2D eigenvalue weighted by Crippen LogP contribution is -2.11. The summed E-state index contributed by atoms with van der Waals surface area (Å²) in [6.07, 6.45) is 0. The molecule has 0 bridgehead atoms. The van der Waals surface area contributed by atoms with E-state index >= 15 is 0 Å². The van der Waals surface area contributed by atoms with Crippen LogP contribution in [0.5, 0.6) is 0 Å². The number of aliphatic carboxylic acids is 1. The van der Waals surface area contributed by atoms with E-state index in [1.807, 2.05) is 0 Å². The minimum atomic E-state index is -1.03. The van der Waals surface area contributed by atoms with Crippen LogP contribution < -0.4 is 0 Å². The van der Waals surface area contributed by atoms with Gasteiger partial charge in [0, 0.05) is 14.8 Å². The van der Waals surface area contributed by atoms with Crippen molar-refractivity contribution >= 4 is 50.4 Å². The highest BCUT2D eigenvalue weighted by Crippen LogP contribution is 2.36. The molecule has 0 heterocycles. The van der Waals surface area contributed by atoms with E-state index in [9.17, 15) is 14.7 Å². The molecule has 0 saturated carbocycles. The van der Waals surface area contributed by atoms with Crippen molar-refractivity contribution in [3.8, 4) is 0 Å². The maximum absolute atomic E-state index is 11.4. The van der Waals surface area contributed by atoms with Crippen molar-refractivity contribution < 1.29 is 19.8 Å². The van der Waals surface area contributed by atoms with E-state index in [1.165, 1.54) is 6.07 Å². The molecule has 6 heteroatoms. The molecule has 104 valence electrons. The Balaban J connectivity index is 2.69. The Kier molecular flexibility index (Phi) is 4.35. The number of benzene rings is 2. The van der Waals surface area contributed by atoms with E-state index in [0.29, 0.717) is 10.3 Å². The van der Waals surface area contributed by atoms with Gasteiger partial charge in [0.2, 0.25) is 0 Å². The molecular formula is C14H11BrO4S. The van der Waals surface area contributed by atoms with E-state index in [1.54, 1.807) is 31.2 Å². The molecule has 2 aromatic carbocycles. The Hall–Kier alpha value is -1.53. The second kappa shape index (κ2) is 5.85. The maximum atomic E-state index is 11.4. The molecule has 0 fully saturated rings. The molecule has 0 spiro atoms. The second-order valence-corrected chi connectivity index (χ2v) is 6.41. The van der Waals surface area contributed by atoms with E-state index in [0.717, 1.165) is 21.6 Å². The third-order valence-electron chi connectivity index (χ3n) is 2.83. The predicted octanol–water partition coefficient (Wildman–Crippen LogP) is 3.87. The van der Waals surface area contributed by atoms with E-state index in [2.05, 4.69) is 15.9 Å². The molecule has 0 amide bonds. The molecule has 4 nitrogen and oxygen atoms in total. The van der Waals surface area contributed by atoms with Crippen LogP contribution in [-0.4, -0.2) is 27.4 Å². The van der Waals surface area contributed by atoms with Gasteiger partial charge in [0.25, 0.3) is 0 Å². The van der Waals surface area contributed by atoms with Crippen LogP contribution >= 0.6 is 27.7 Å². The number of hydrogen-bond donors (Lipinski definition) is 2. The van der Waals surface area contributed by atoms with Crippen LogP contribution in [0.25, 0.3) is 10.8 Å². The number of hydrogen-bond acceptors (Lipinski definition) is 3. The number of rotatable bonds is 4. The Morgan fingerprint density at radius 3 is 2.50 bits per heavy atom. The fourth-order valence-electron chi connectivity index (χ4n) is 1.86. The first kappa shape index (κ1) is 14.9. The average Bonchev–Trinajstić information content (AvgIpc) is 2.41. The second-order valence-electron chi connectivity index (χ2n) is 4.18. The summed E-state index contributed by atoms with van der Waals surface area (Å²) in [6, 6.07) is 8.54. The van der Waals surface area contributed by atoms with Crippen LogP contribution in [0.4, 0.5) is 0 Å². The highest BCUT2D eigenvalue weighted by molar-refractivity contribution is 9.10. The van der Waals surface area contributed by atoms with Gasteiger partial charge >= 0.3 is 11.9 Å². The normalized spacial score (nSPS) is 12.3. The summed E-state index contributed by atoms with van der Waals surface area (Å²) in [6.45, 7) is 1.57. The van der Waals surface area contributed by atoms with Gasteiger partial charge in [0.15, 0.2) is 0 Å². The summed E-state index contributed by atoms with van der Waals surface area (Å²) in [7, 11) is 0. The molecule has 0 radical (unpaired) electrons. The van der Waals surface area contributed by atoms with Crippen LogP contribution in [0.1, 0.15) is 17.3 Å². The SMILES string of the molecule is C[C@@H](Sc1ccc(Br)c2cccc(C(=O)O)c12)C(=O)O. The summed E-state index contributed by atoms with van der Waals surface area (Å²) < 4.78 is 0.780. The first-order valence-electron chi connectivity index (χ1n) is 5.75. The van der Waals surface area contributed by atoms with Gasteiger partial charge in [-0.05, 0) is 30.5 Å². The number of thioether (sulfide) groups is 1. The van der Waals surface area contributed by atoms with Crippen LogP contribution in [0.15, 0.2) is 39.7 Å². The number of fused-ring (bicyclic) bond motifs is 1. The fraction of sp³-hybridized carbons (Fsp3) is 0.143. The largest absolute Gasteiger partial charge is 0.480 e. The molecule has 0 saturated heterocycles. The highest BCUT2D eigenvalue weighted by atomic mass is 79.9. The summed E-state index contributed by atoms with van der Waals surface area (Å²) in [5.74, 6) is -1.96. The number of carbonyl (C=O) groups is 2. The van der Waals surface area contributed by atoms with Crippen molar-refractivity contribution in [1.29, 1.82) is 0 Å². The van der Waals surface area contributed by atoms with Gasteiger partial charge in [-0.15, -0.1) is 11.8 Å². The molecule has 2 rings (SSSR count). The third kappa shape index (κ3) is 2.81. The molecule has 2 N–H and O–H groups in total. The monoisotopic (exact) mass is 354 g/mol. The summed E-state index contributed by atoms with van der Waals surface area (Å²) in [5, 5.41) is 19.0. The Morgan fingerprint density at radius 2 is 1.90 bits per heavy atom. The Bertz CT molecular complexity index is 699. The molecule has 0 aliphatic heterocycles. The molecule has 0 aliphatic rings. The summed E-state index contributed by atoms with van der Waals surface area (Å²) in [4.78, 5) is 23.0. The first-order valence-corrected chi connectivity index (χ1v) is 7.43. The number of aromatic carboxylic acids is 1. The third-order valence-corrected chi connectivity index (χ3v) is 4.67. The first-order chi connectivity index (χ1) is 9.41. The standard InChI is InChI=1S/C14H11BrO4S/c1-7(13(16)17)20-11-6-5-10(15)8-3-2-4-9(12(8)11)14(18)19/h2-7H,1H3,(H,16,17)(H,18,19)/t7-/m1/s1. The molecule has 0 aliphatic carbocycles. The molecule has 0 unspecified atom stereocenters. The number of halogens is 1. The molecule has 2 aromatic rings. The topological polar surface area (TPSA) is 74.6 Å². The minimum Gasteiger partial charge on any atom is -0.480 e. The zero-order valence-corrected chi connectivity index (χ0v) is 12.9. The van der Waals surface area contributed by atoms with Crippen molar-refractivity contribution in [1.82, 2.24) is 0 Å². The average molecular weight is 355 g/mol. The van der Waals surface area contributed by atoms with E-state index < -0.39 is 17.2 Å². The maximum Gasteiger partial charge on any atom is 0.336 e. The van der Waals surface area contributed by atoms with Crippen LogP contribution in [0.3, 0.4) is 0 Å². The van der Waals surface area contributed by atoms with E-state index in [4.69, 9.17) is 5.11 Å². The lowest BCUT2D eigenvalue weighted by atomic mass is 10.0. The molecule has 20 heavy (non-hydrogen) atoms. The van der Waals surface area contributed by atoms with Crippen molar-refractivity contribution in [3.63, 3.8) is 0 Å². The van der Waals surface area contributed by atoms with Gasteiger partial charge in [-0.25, -0.2) is 4.79 Å². The van der Waals surface area contributed by atoms with Gasteiger partial charge in [-0.3, -0.25) is 4.79 Å². The molecular weight excluding hydrogens is 344 g/mol. The van der Waals surface area contributed by atoms with Crippen molar-refractivity contribution in [2.75, 3.05) is 0 Å². The summed E-state index contributed by atoms with van der Waals surface area (Å²) >= 11 is 4.53. The van der Waals surface area contributed by atoms with Gasteiger partial charge in [-0.2, -0.15) is 0 Å².